The Bertz CT molecular complexity index is 1290. The molecule has 2 heterocycles. The van der Waals surface area contributed by atoms with Crippen molar-refractivity contribution >= 4 is 11.6 Å². The molecule has 1 N–H and O–H groups in total. The number of allylic oxidation sites excluding steroid dienone is 3. The minimum atomic E-state index is -4.50. The zero-order chi connectivity index (χ0) is 26.7. The Morgan fingerprint density at radius 2 is 1.84 bits per heavy atom. The third kappa shape index (κ3) is 6.15. The SMILES string of the molecule is CCC(C)=CN1C(C)=CC(c2cccc(-c3ncccn3)c2)=N/C1=C(/C)C(=O)NC(C1CC1)C(F)(F)F. The molecule has 1 amide bonds. The molecule has 37 heavy (non-hydrogen) atoms. The van der Waals surface area contributed by atoms with Gasteiger partial charge in [0.25, 0.3) is 5.91 Å². The minimum absolute atomic E-state index is 0.113. The zero-order valence-electron chi connectivity index (χ0n) is 21.3. The summed E-state index contributed by atoms with van der Waals surface area (Å²) in [6.07, 6.45) is 4.27. The van der Waals surface area contributed by atoms with E-state index in [-0.39, 0.29) is 5.57 Å². The summed E-state index contributed by atoms with van der Waals surface area (Å²) in [5.74, 6) is -0.497. The molecule has 9 heteroatoms. The second-order valence-corrected chi connectivity index (χ2v) is 9.41. The number of carbonyl (C=O) groups is 1. The number of nitrogens with zero attached hydrogens (tertiary/aromatic N) is 4. The molecule has 4 rings (SSSR count). The molecule has 194 valence electrons. The fourth-order valence-electron chi connectivity index (χ4n) is 4.04. The molecule has 1 unspecified atom stereocenters. The van der Waals surface area contributed by atoms with Crippen molar-refractivity contribution in [3.8, 4) is 11.4 Å². The fraction of sp³-hybridized carbons (Fsp3) is 0.357. The average Bonchev–Trinajstić information content (AvgIpc) is 3.72. The van der Waals surface area contributed by atoms with Gasteiger partial charge in [-0.2, -0.15) is 13.2 Å². The zero-order valence-corrected chi connectivity index (χ0v) is 21.3. The van der Waals surface area contributed by atoms with Crippen molar-refractivity contribution in [1.82, 2.24) is 20.2 Å². The monoisotopic (exact) mass is 509 g/mol. The predicted octanol–water partition coefficient (Wildman–Crippen LogP) is 6.15. The largest absolute Gasteiger partial charge is 0.408 e. The first-order chi connectivity index (χ1) is 17.6. The highest BCUT2D eigenvalue weighted by atomic mass is 19.4. The van der Waals surface area contributed by atoms with Crippen LogP contribution in [0.3, 0.4) is 0 Å². The van der Waals surface area contributed by atoms with Crippen LogP contribution >= 0.6 is 0 Å². The van der Waals surface area contributed by atoms with E-state index in [1.54, 1.807) is 23.4 Å². The number of benzene rings is 1. The Labute approximate surface area is 214 Å². The Balaban J connectivity index is 1.75. The van der Waals surface area contributed by atoms with Crippen LogP contribution in [0.5, 0.6) is 0 Å². The van der Waals surface area contributed by atoms with Crippen molar-refractivity contribution in [2.24, 2.45) is 10.9 Å². The number of hydrogen-bond acceptors (Lipinski definition) is 5. The van der Waals surface area contributed by atoms with E-state index < -0.39 is 24.0 Å². The molecule has 1 saturated carbocycles. The van der Waals surface area contributed by atoms with E-state index in [2.05, 4.69) is 15.3 Å². The maximum absolute atomic E-state index is 13.6. The van der Waals surface area contributed by atoms with Crippen LogP contribution in [0.4, 0.5) is 13.2 Å². The number of nitrogens with one attached hydrogen (secondary N) is 1. The molecule has 1 aliphatic carbocycles. The summed E-state index contributed by atoms with van der Waals surface area (Å²) in [7, 11) is 0. The summed E-state index contributed by atoms with van der Waals surface area (Å²) in [4.78, 5) is 28.2. The van der Waals surface area contributed by atoms with Crippen LogP contribution in [0.25, 0.3) is 11.4 Å². The first kappa shape index (κ1) is 26.3. The number of alkyl halides is 3. The van der Waals surface area contributed by atoms with Crippen molar-refractivity contribution in [2.45, 2.75) is 59.2 Å². The highest BCUT2D eigenvalue weighted by molar-refractivity contribution is 6.11. The molecule has 0 spiro atoms. The Hall–Kier alpha value is -3.75. The van der Waals surface area contributed by atoms with Crippen molar-refractivity contribution in [1.29, 1.82) is 0 Å². The Kier molecular flexibility index (Phi) is 7.61. The molecule has 2 aromatic rings. The second kappa shape index (κ2) is 10.7. The van der Waals surface area contributed by atoms with Crippen molar-refractivity contribution in [3.05, 3.63) is 83.2 Å². The molecular weight excluding hydrogens is 479 g/mol. The third-order valence-electron chi connectivity index (χ3n) is 6.48. The van der Waals surface area contributed by atoms with Crippen LogP contribution in [0.1, 0.15) is 52.5 Å². The van der Waals surface area contributed by atoms with Crippen molar-refractivity contribution in [3.63, 3.8) is 0 Å². The molecule has 0 saturated heterocycles. The van der Waals surface area contributed by atoms with Gasteiger partial charge in [0.15, 0.2) is 5.82 Å². The van der Waals surface area contributed by atoms with Crippen molar-refractivity contribution < 1.29 is 18.0 Å². The van der Waals surface area contributed by atoms with Gasteiger partial charge in [-0.05, 0) is 64.2 Å². The molecular formula is C28H30F3N5O. The van der Waals surface area contributed by atoms with Gasteiger partial charge in [-0.25, -0.2) is 15.0 Å². The predicted molar refractivity (Wildman–Crippen MR) is 137 cm³/mol. The van der Waals surface area contributed by atoms with Crippen LogP contribution in [0.2, 0.25) is 0 Å². The third-order valence-corrected chi connectivity index (χ3v) is 6.48. The van der Waals surface area contributed by atoms with Crippen LogP contribution < -0.4 is 5.32 Å². The lowest BCUT2D eigenvalue weighted by atomic mass is 10.0. The summed E-state index contributed by atoms with van der Waals surface area (Å²) in [6.45, 7) is 7.36. The lowest BCUT2D eigenvalue weighted by molar-refractivity contribution is -0.164. The lowest BCUT2D eigenvalue weighted by Gasteiger charge is -2.29. The standard InChI is InChI=1S/C28H30F3N5O/c1-5-17(2)16-36-18(3)14-23(21-8-6-9-22(15-21)25-32-12-7-13-33-25)34-26(36)19(4)27(37)35-24(20-10-11-20)28(29,30)31/h6-9,12-16,20,24H,5,10-11H2,1-4H3,(H,35,37)/b17-16?,26-19+. The van der Waals surface area contributed by atoms with Gasteiger partial charge in [-0.1, -0.05) is 30.7 Å². The lowest BCUT2D eigenvalue weighted by Crippen LogP contribution is -2.47. The first-order valence-electron chi connectivity index (χ1n) is 12.3. The van der Waals surface area contributed by atoms with Crippen LogP contribution in [-0.2, 0) is 4.79 Å². The summed E-state index contributed by atoms with van der Waals surface area (Å²) < 4.78 is 40.8. The minimum Gasteiger partial charge on any atom is -0.340 e. The summed E-state index contributed by atoms with van der Waals surface area (Å²) in [6, 6.07) is 7.43. The molecule has 2 aliphatic rings. The van der Waals surface area contributed by atoms with Gasteiger partial charge in [-0.15, -0.1) is 0 Å². The number of rotatable bonds is 7. The molecule has 0 radical (unpaired) electrons. The normalized spacial score (nSPS) is 18.7. The first-order valence-corrected chi connectivity index (χ1v) is 12.3. The van der Waals surface area contributed by atoms with E-state index in [0.29, 0.717) is 30.2 Å². The fourth-order valence-corrected chi connectivity index (χ4v) is 4.04. The Morgan fingerprint density at radius 3 is 2.46 bits per heavy atom. The van der Waals surface area contributed by atoms with Gasteiger partial charge in [-0.3, -0.25) is 4.79 Å². The van der Waals surface area contributed by atoms with Gasteiger partial charge in [0.05, 0.1) is 11.3 Å². The molecule has 1 aromatic heterocycles. The van der Waals surface area contributed by atoms with Gasteiger partial charge in [0.1, 0.15) is 11.9 Å². The molecule has 1 aliphatic heterocycles. The maximum Gasteiger partial charge on any atom is 0.408 e. The van der Waals surface area contributed by atoms with Crippen LogP contribution in [0.15, 0.2) is 82.7 Å². The second-order valence-electron chi connectivity index (χ2n) is 9.41. The Morgan fingerprint density at radius 1 is 1.16 bits per heavy atom. The average molecular weight is 510 g/mol. The smallest absolute Gasteiger partial charge is 0.340 e. The molecule has 1 aromatic carbocycles. The number of hydrogen-bond donors (Lipinski definition) is 1. The number of amides is 1. The molecule has 1 atom stereocenters. The quantitative estimate of drug-likeness (QED) is 0.454. The van der Waals surface area contributed by atoms with E-state index in [9.17, 15) is 18.0 Å². The van der Waals surface area contributed by atoms with Gasteiger partial charge < -0.3 is 10.2 Å². The van der Waals surface area contributed by atoms with E-state index in [1.807, 2.05) is 57.3 Å². The molecule has 1 fully saturated rings. The molecule has 6 nitrogen and oxygen atoms in total. The van der Waals surface area contributed by atoms with E-state index in [1.165, 1.54) is 6.92 Å². The maximum atomic E-state index is 13.6. The summed E-state index contributed by atoms with van der Waals surface area (Å²) >= 11 is 0. The van der Waals surface area contributed by atoms with Gasteiger partial charge >= 0.3 is 6.18 Å². The van der Waals surface area contributed by atoms with Gasteiger partial charge in [0, 0.05) is 35.4 Å². The summed E-state index contributed by atoms with van der Waals surface area (Å²) in [5.41, 5.74) is 4.10. The topological polar surface area (TPSA) is 70.5 Å². The summed E-state index contributed by atoms with van der Waals surface area (Å²) in [5, 5.41) is 2.23. The van der Waals surface area contributed by atoms with E-state index in [4.69, 9.17) is 4.99 Å². The van der Waals surface area contributed by atoms with Gasteiger partial charge in [0.2, 0.25) is 0 Å². The number of carbonyl (C=O) groups excluding carboxylic acids is 1. The van der Waals surface area contributed by atoms with E-state index >= 15 is 0 Å². The van der Waals surface area contributed by atoms with Crippen molar-refractivity contribution in [2.75, 3.05) is 0 Å². The number of aliphatic imine (C=N–C) groups is 1. The van der Waals surface area contributed by atoms with E-state index in [0.717, 1.165) is 28.8 Å². The van der Waals surface area contributed by atoms with Crippen LogP contribution in [0, 0.1) is 5.92 Å². The highest BCUT2D eigenvalue weighted by Gasteiger charge is 2.49. The highest BCUT2D eigenvalue weighted by Crippen LogP contribution is 2.40. The molecule has 0 bridgehead atoms. The van der Waals surface area contributed by atoms with Crippen LogP contribution in [-0.4, -0.2) is 38.7 Å². The number of aromatic nitrogens is 2. The number of halogens is 3.